The summed E-state index contributed by atoms with van der Waals surface area (Å²) in [7, 11) is 0. The van der Waals surface area contributed by atoms with Gasteiger partial charge < -0.3 is 5.11 Å². The molecule has 1 aliphatic rings. The number of aliphatic hydroxyl groups excluding tert-OH is 1. The standard InChI is InChI=1S/C9H16OS/c1-8(7-10)6-9-2-4-11-5-3-9/h9-10H,1-7H2. The molecule has 0 spiro atoms. The summed E-state index contributed by atoms with van der Waals surface area (Å²) >= 11 is 2.04. The summed E-state index contributed by atoms with van der Waals surface area (Å²) in [6, 6.07) is 0. The van der Waals surface area contributed by atoms with Gasteiger partial charge in [0.15, 0.2) is 0 Å². The molecule has 1 rings (SSSR count). The van der Waals surface area contributed by atoms with Crippen molar-refractivity contribution < 1.29 is 5.11 Å². The second-order valence-electron chi connectivity index (χ2n) is 3.17. The summed E-state index contributed by atoms with van der Waals surface area (Å²) in [6.45, 7) is 3.98. The normalized spacial score (nSPS) is 20.1. The van der Waals surface area contributed by atoms with Crippen LogP contribution in [0.3, 0.4) is 0 Å². The van der Waals surface area contributed by atoms with E-state index in [4.69, 9.17) is 5.11 Å². The molecule has 2 heteroatoms. The van der Waals surface area contributed by atoms with Gasteiger partial charge in [0.2, 0.25) is 0 Å². The molecule has 1 nitrogen and oxygen atoms in total. The summed E-state index contributed by atoms with van der Waals surface area (Å²) in [5, 5.41) is 8.76. The largest absolute Gasteiger partial charge is 0.392 e. The minimum absolute atomic E-state index is 0.170. The molecule has 0 aliphatic carbocycles. The molecule has 0 aromatic heterocycles. The molecule has 1 N–H and O–H groups in total. The number of thioether (sulfide) groups is 1. The first-order valence-corrected chi connectivity index (χ1v) is 5.33. The van der Waals surface area contributed by atoms with Crippen molar-refractivity contribution in [1.82, 2.24) is 0 Å². The predicted molar refractivity (Wildman–Crippen MR) is 50.9 cm³/mol. The lowest BCUT2D eigenvalue weighted by Gasteiger charge is -2.21. The summed E-state index contributed by atoms with van der Waals surface area (Å²) in [5.41, 5.74) is 1.00. The average molecular weight is 172 g/mol. The first-order valence-electron chi connectivity index (χ1n) is 4.18. The van der Waals surface area contributed by atoms with Crippen molar-refractivity contribution in [2.75, 3.05) is 18.1 Å². The van der Waals surface area contributed by atoms with Crippen molar-refractivity contribution in [2.24, 2.45) is 5.92 Å². The van der Waals surface area contributed by atoms with E-state index in [1.54, 1.807) is 0 Å². The summed E-state index contributed by atoms with van der Waals surface area (Å²) < 4.78 is 0. The van der Waals surface area contributed by atoms with Gasteiger partial charge in [0.25, 0.3) is 0 Å². The lowest BCUT2D eigenvalue weighted by molar-refractivity contribution is 0.317. The number of hydrogen-bond donors (Lipinski definition) is 1. The lowest BCUT2D eigenvalue weighted by atomic mass is 9.95. The Labute approximate surface area is 72.9 Å². The van der Waals surface area contributed by atoms with E-state index in [-0.39, 0.29) is 6.61 Å². The SMILES string of the molecule is C=C(CO)CC1CCSCC1. The van der Waals surface area contributed by atoms with Crippen LogP contribution in [-0.4, -0.2) is 23.2 Å². The van der Waals surface area contributed by atoms with E-state index in [1.165, 1.54) is 24.3 Å². The Balaban J connectivity index is 2.19. The van der Waals surface area contributed by atoms with Gasteiger partial charge >= 0.3 is 0 Å². The Hall–Kier alpha value is 0.0500. The molecule has 0 radical (unpaired) electrons. The Morgan fingerprint density at radius 3 is 2.64 bits per heavy atom. The van der Waals surface area contributed by atoms with Crippen LogP contribution in [0.2, 0.25) is 0 Å². The maximum absolute atomic E-state index is 8.76. The van der Waals surface area contributed by atoms with E-state index in [9.17, 15) is 0 Å². The molecule has 0 unspecified atom stereocenters. The fraction of sp³-hybridized carbons (Fsp3) is 0.778. The predicted octanol–water partition coefficient (Wildman–Crippen LogP) is 2.07. The van der Waals surface area contributed by atoms with E-state index < -0.39 is 0 Å². The number of aliphatic hydroxyl groups is 1. The topological polar surface area (TPSA) is 20.2 Å². The second-order valence-corrected chi connectivity index (χ2v) is 4.39. The minimum atomic E-state index is 0.170. The van der Waals surface area contributed by atoms with Crippen LogP contribution in [0.15, 0.2) is 12.2 Å². The summed E-state index contributed by atoms with van der Waals surface area (Å²) in [5.74, 6) is 3.39. The third kappa shape index (κ3) is 3.30. The van der Waals surface area contributed by atoms with E-state index in [1.807, 2.05) is 11.8 Å². The highest BCUT2D eigenvalue weighted by Crippen LogP contribution is 2.27. The van der Waals surface area contributed by atoms with E-state index in [0.717, 1.165) is 17.9 Å². The van der Waals surface area contributed by atoms with Gasteiger partial charge in [-0.2, -0.15) is 11.8 Å². The van der Waals surface area contributed by atoms with Crippen LogP contribution in [0.4, 0.5) is 0 Å². The Bertz CT molecular complexity index is 128. The average Bonchev–Trinajstić information content (AvgIpc) is 2.06. The molecular formula is C9H16OS. The fourth-order valence-electron chi connectivity index (χ4n) is 1.42. The van der Waals surface area contributed by atoms with E-state index in [0.29, 0.717) is 0 Å². The first kappa shape index (κ1) is 9.14. The van der Waals surface area contributed by atoms with Crippen molar-refractivity contribution in [2.45, 2.75) is 19.3 Å². The van der Waals surface area contributed by atoms with Gasteiger partial charge in [0, 0.05) is 0 Å². The number of hydrogen-bond acceptors (Lipinski definition) is 2. The van der Waals surface area contributed by atoms with Crippen LogP contribution in [0.5, 0.6) is 0 Å². The van der Waals surface area contributed by atoms with Crippen LogP contribution in [0.1, 0.15) is 19.3 Å². The van der Waals surface area contributed by atoms with Crippen LogP contribution in [-0.2, 0) is 0 Å². The summed E-state index contributed by atoms with van der Waals surface area (Å²) in [6.07, 6.45) is 3.66. The van der Waals surface area contributed by atoms with Crippen LogP contribution in [0, 0.1) is 5.92 Å². The fourth-order valence-corrected chi connectivity index (χ4v) is 2.63. The van der Waals surface area contributed by atoms with Crippen molar-refractivity contribution >= 4 is 11.8 Å². The lowest BCUT2D eigenvalue weighted by Crippen LogP contribution is -2.10. The molecule has 11 heavy (non-hydrogen) atoms. The van der Waals surface area contributed by atoms with E-state index in [2.05, 4.69) is 6.58 Å². The van der Waals surface area contributed by atoms with Crippen molar-refractivity contribution in [3.8, 4) is 0 Å². The molecule has 1 aliphatic heterocycles. The molecule has 0 amide bonds. The molecule has 0 aromatic rings. The third-order valence-electron chi connectivity index (χ3n) is 2.14. The van der Waals surface area contributed by atoms with Crippen LogP contribution in [0.25, 0.3) is 0 Å². The Kier molecular flexibility index (Phi) is 4.02. The van der Waals surface area contributed by atoms with Gasteiger partial charge in [-0.3, -0.25) is 0 Å². The van der Waals surface area contributed by atoms with Crippen molar-refractivity contribution in [1.29, 1.82) is 0 Å². The van der Waals surface area contributed by atoms with Crippen LogP contribution >= 0.6 is 11.8 Å². The highest BCUT2D eigenvalue weighted by molar-refractivity contribution is 7.99. The van der Waals surface area contributed by atoms with Crippen molar-refractivity contribution in [3.63, 3.8) is 0 Å². The first-order chi connectivity index (χ1) is 5.33. The van der Waals surface area contributed by atoms with Gasteiger partial charge in [-0.25, -0.2) is 0 Å². The molecular weight excluding hydrogens is 156 g/mol. The quantitative estimate of drug-likeness (QED) is 0.658. The van der Waals surface area contributed by atoms with E-state index >= 15 is 0 Å². The molecule has 0 saturated carbocycles. The van der Waals surface area contributed by atoms with Gasteiger partial charge in [-0.05, 0) is 36.7 Å². The zero-order chi connectivity index (χ0) is 8.10. The van der Waals surface area contributed by atoms with Crippen LogP contribution < -0.4 is 0 Å². The zero-order valence-electron chi connectivity index (χ0n) is 6.88. The van der Waals surface area contributed by atoms with Crippen molar-refractivity contribution in [3.05, 3.63) is 12.2 Å². The monoisotopic (exact) mass is 172 g/mol. The van der Waals surface area contributed by atoms with Gasteiger partial charge in [0.05, 0.1) is 6.61 Å². The maximum Gasteiger partial charge on any atom is 0.0639 e. The molecule has 1 fully saturated rings. The molecule has 0 atom stereocenters. The second kappa shape index (κ2) is 4.83. The third-order valence-corrected chi connectivity index (χ3v) is 3.19. The highest BCUT2D eigenvalue weighted by atomic mass is 32.2. The molecule has 0 bridgehead atoms. The summed E-state index contributed by atoms with van der Waals surface area (Å²) in [4.78, 5) is 0. The van der Waals surface area contributed by atoms with Gasteiger partial charge in [-0.15, -0.1) is 0 Å². The highest BCUT2D eigenvalue weighted by Gasteiger charge is 2.13. The number of rotatable bonds is 3. The van der Waals surface area contributed by atoms with Gasteiger partial charge in [-0.1, -0.05) is 12.2 Å². The molecule has 0 aromatic carbocycles. The molecule has 64 valence electrons. The Morgan fingerprint density at radius 1 is 1.45 bits per heavy atom. The smallest absolute Gasteiger partial charge is 0.0639 e. The zero-order valence-corrected chi connectivity index (χ0v) is 7.70. The minimum Gasteiger partial charge on any atom is -0.392 e. The molecule has 1 heterocycles. The maximum atomic E-state index is 8.76. The molecule has 1 saturated heterocycles. The Morgan fingerprint density at radius 2 is 2.09 bits per heavy atom. The van der Waals surface area contributed by atoms with Gasteiger partial charge in [0.1, 0.15) is 0 Å².